The molecular formula is C13H19N3O3. The summed E-state index contributed by atoms with van der Waals surface area (Å²) >= 11 is 0. The highest BCUT2D eigenvalue weighted by atomic mass is 16.6. The van der Waals surface area contributed by atoms with E-state index in [0.717, 1.165) is 25.2 Å². The van der Waals surface area contributed by atoms with Crippen LogP contribution in [0.25, 0.3) is 0 Å². The molecule has 1 aliphatic rings. The van der Waals surface area contributed by atoms with Gasteiger partial charge in [0, 0.05) is 32.3 Å². The molecule has 1 atom stereocenters. The molecule has 1 unspecified atom stereocenters. The molecule has 1 aromatic rings. The molecule has 0 radical (unpaired) electrons. The average molecular weight is 265 g/mol. The molecule has 19 heavy (non-hydrogen) atoms. The molecule has 0 aliphatic carbocycles. The SMILES string of the molecule is CNc1c(CN(C)C2CCOC2)cccc1[N+](=O)[O-]. The number of benzene rings is 1. The van der Waals surface area contributed by atoms with Crippen molar-refractivity contribution in [2.75, 3.05) is 32.6 Å². The minimum atomic E-state index is -0.353. The van der Waals surface area contributed by atoms with Gasteiger partial charge >= 0.3 is 0 Å². The van der Waals surface area contributed by atoms with Gasteiger partial charge in [0.05, 0.1) is 11.5 Å². The summed E-state index contributed by atoms with van der Waals surface area (Å²) in [6.07, 6.45) is 1.01. The third-order valence-corrected chi connectivity index (χ3v) is 3.52. The Kier molecular flexibility index (Phi) is 4.34. The van der Waals surface area contributed by atoms with Crippen molar-refractivity contribution in [3.63, 3.8) is 0 Å². The van der Waals surface area contributed by atoms with Crippen LogP contribution < -0.4 is 5.32 Å². The predicted octanol–water partition coefficient (Wildman–Crippen LogP) is 1.86. The zero-order chi connectivity index (χ0) is 13.8. The van der Waals surface area contributed by atoms with Gasteiger partial charge < -0.3 is 10.1 Å². The Hall–Kier alpha value is -1.66. The molecule has 0 aromatic heterocycles. The first-order chi connectivity index (χ1) is 9.13. The summed E-state index contributed by atoms with van der Waals surface area (Å²) in [6, 6.07) is 5.57. The van der Waals surface area contributed by atoms with Crippen molar-refractivity contribution in [2.24, 2.45) is 0 Å². The van der Waals surface area contributed by atoms with Crippen LogP contribution in [0, 0.1) is 10.1 Å². The fourth-order valence-electron chi connectivity index (χ4n) is 2.43. The molecule has 104 valence electrons. The van der Waals surface area contributed by atoms with Crippen molar-refractivity contribution in [1.29, 1.82) is 0 Å². The van der Waals surface area contributed by atoms with Crippen LogP contribution in [0.2, 0.25) is 0 Å². The second-order valence-corrected chi connectivity index (χ2v) is 4.75. The number of nitrogens with zero attached hydrogens (tertiary/aromatic N) is 2. The topological polar surface area (TPSA) is 67.6 Å². The van der Waals surface area contributed by atoms with Gasteiger partial charge in [0.15, 0.2) is 0 Å². The van der Waals surface area contributed by atoms with Crippen molar-refractivity contribution < 1.29 is 9.66 Å². The Balaban J connectivity index is 2.19. The Labute approximate surface area is 112 Å². The zero-order valence-electron chi connectivity index (χ0n) is 11.3. The zero-order valence-corrected chi connectivity index (χ0v) is 11.3. The van der Waals surface area contributed by atoms with Gasteiger partial charge in [-0.05, 0) is 19.0 Å². The van der Waals surface area contributed by atoms with E-state index in [9.17, 15) is 10.1 Å². The van der Waals surface area contributed by atoms with Gasteiger partial charge in [-0.2, -0.15) is 0 Å². The maximum Gasteiger partial charge on any atom is 0.292 e. The van der Waals surface area contributed by atoms with Gasteiger partial charge in [0.25, 0.3) is 5.69 Å². The van der Waals surface area contributed by atoms with Crippen LogP contribution in [-0.2, 0) is 11.3 Å². The molecule has 6 nitrogen and oxygen atoms in total. The van der Waals surface area contributed by atoms with E-state index < -0.39 is 0 Å². The lowest BCUT2D eigenvalue weighted by Gasteiger charge is -2.23. The summed E-state index contributed by atoms with van der Waals surface area (Å²) in [7, 11) is 3.74. The molecule has 0 spiro atoms. The number of nitro groups is 1. The lowest BCUT2D eigenvalue weighted by molar-refractivity contribution is -0.384. The smallest absolute Gasteiger partial charge is 0.292 e. The third kappa shape index (κ3) is 3.02. The van der Waals surface area contributed by atoms with Crippen LogP contribution in [0.4, 0.5) is 11.4 Å². The van der Waals surface area contributed by atoms with E-state index in [1.165, 1.54) is 6.07 Å². The van der Waals surface area contributed by atoms with Gasteiger partial charge in [-0.1, -0.05) is 12.1 Å². The van der Waals surface area contributed by atoms with E-state index in [0.29, 0.717) is 18.3 Å². The minimum absolute atomic E-state index is 0.121. The highest BCUT2D eigenvalue weighted by Gasteiger charge is 2.23. The van der Waals surface area contributed by atoms with E-state index in [-0.39, 0.29) is 10.6 Å². The second-order valence-electron chi connectivity index (χ2n) is 4.75. The fourth-order valence-corrected chi connectivity index (χ4v) is 2.43. The number of hydrogen-bond acceptors (Lipinski definition) is 5. The highest BCUT2D eigenvalue weighted by molar-refractivity contribution is 5.66. The van der Waals surface area contributed by atoms with Gasteiger partial charge in [-0.15, -0.1) is 0 Å². The van der Waals surface area contributed by atoms with E-state index >= 15 is 0 Å². The quantitative estimate of drug-likeness (QED) is 0.650. The number of para-hydroxylation sites is 1. The van der Waals surface area contributed by atoms with E-state index in [2.05, 4.69) is 10.2 Å². The summed E-state index contributed by atoms with van der Waals surface area (Å²) in [5.74, 6) is 0. The van der Waals surface area contributed by atoms with Gasteiger partial charge in [0.1, 0.15) is 5.69 Å². The molecule has 0 bridgehead atoms. The lowest BCUT2D eigenvalue weighted by Crippen LogP contribution is -2.31. The molecule has 0 saturated carbocycles. The first kappa shape index (κ1) is 13.8. The fraction of sp³-hybridized carbons (Fsp3) is 0.538. The molecule has 1 aliphatic heterocycles. The monoisotopic (exact) mass is 265 g/mol. The Morgan fingerprint density at radius 2 is 2.37 bits per heavy atom. The van der Waals surface area contributed by atoms with Crippen LogP contribution in [0.1, 0.15) is 12.0 Å². The number of hydrogen-bond donors (Lipinski definition) is 1. The van der Waals surface area contributed by atoms with Gasteiger partial charge in [-0.25, -0.2) is 0 Å². The molecule has 6 heteroatoms. The van der Waals surface area contributed by atoms with Crippen LogP contribution >= 0.6 is 0 Å². The molecule has 0 amide bonds. The maximum absolute atomic E-state index is 11.0. The second kappa shape index (κ2) is 5.99. The number of ether oxygens (including phenoxy) is 1. The number of likely N-dealkylation sites (N-methyl/N-ethyl adjacent to an activating group) is 1. The van der Waals surface area contributed by atoms with E-state index in [4.69, 9.17) is 4.74 Å². The first-order valence-corrected chi connectivity index (χ1v) is 6.35. The minimum Gasteiger partial charge on any atom is -0.382 e. The number of nitro benzene ring substituents is 1. The van der Waals surface area contributed by atoms with Crippen LogP contribution in [-0.4, -0.2) is 43.2 Å². The predicted molar refractivity (Wildman–Crippen MR) is 73.3 cm³/mol. The van der Waals surface area contributed by atoms with Crippen molar-refractivity contribution in [3.05, 3.63) is 33.9 Å². The Bertz CT molecular complexity index is 458. The van der Waals surface area contributed by atoms with E-state index in [1.54, 1.807) is 13.1 Å². The molecule has 2 rings (SSSR count). The van der Waals surface area contributed by atoms with Crippen molar-refractivity contribution >= 4 is 11.4 Å². The maximum atomic E-state index is 11.0. The number of anilines is 1. The molecule has 1 saturated heterocycles. The van der Waals surface area contributed by atoms with Gasteiger partial charge in [-0.3, -0.25) is 15.0 Å². The van der Waals surface area contributed by atoms with Crippen LogP contribution in [0.15, 0.2) is 18.2 Å². The van der Waals surface area contributed by atoms with Crippen molar-refractivity contribution in [3.8, 4) is 0 Å². The Morgan fingerprint density at radius 3 is 2.95 bits per heavy atom. The Morgan fingerprint density at radius 1 is 1.58 bits per heavy atom. The highest BCUT2D eigenvalue weighted by Crippen LogP contribution is 2.29. The standard InChI is InChI=1S/C13H19N3O3/c1-14-13-10(4-3-5-12(13)16(17)18)8-15(2)11-6-7-19-9-11/h3-5,11,14H,6-9H2,1-2H3. The molecule has 1 N–H and O–H groups in total. The summed E-state index contributed by atoms with van der Waals surface area (Å²) < 4.78 is 5.37. The third-order valence-electron chi connectivity index (χ3n) is 3.52. The number of rotatable bonds is 5. The van der Waals surface area contributed by atoms with Gasteiger partial charge in [0.2, 0.25) is 0 Å². The van der Waals surface area contributed by atoms with Crippen LogP contribution in [0.5, 0.6) is 0 Å². The van der Waals surface area contributed by atoms with Crippen molar-refractivity contribution in [2.45, 2.75) is 19.0 Å². The summed E-state index contributed by atoms with van der Waals surface area (Å²) in [5, 5.41) is 13.9. The summed E-state index contributed by atoms with van der Waals surface area (Å²) in [4.78, 5) is 12.8. The molecular weight excluding hydrogens is 246 g/mol. The van der Waals surface area contributed by atoms with Crippen LogP contribution in [0.3, 0.4) is 0 Å². The largest absolute Gasteiger partial charge is 0.382 e. The molecule has 1 heterocycles. The summed E-state index contributed by atoms with van der Waals surface area (Å²) in [6.45, 7) is 2.20. The molecule has 1 fully saturated rings. The normalized spacial score (nSPS) is 18.8. The van der Waals surface area contributed by atoms with Crippen molar-refractivity contribution in [1.82, 2.24) is 4.90 Å². The lowest BCUT2D eigenvalue weighted by atomic mass is 10.1. The first-order valence-electron chi connectivity index (χ1n) is 6.35. The average Bonchev–Trinajstić information content (AvgIpc) is 2.92. The summed E-state index contributed by atoms with van der Waals surface area (Å²) in [5.41, 5.74) is 1.65. The number of nitrogens with one attached hydrogen (secondary N) is 1. The van der Waals surface area contributed by atoms with E-state index in [1.807, 2.05) is 13.1 Å². The molecule has 1 aromatic carbocycles.